The molecule has 100 valence electrons. The van der Waals surface area contributed by atoms with E-state index in [9.17, 15) is 4.79 Å². The van der Waals surface area contributed by atoms with Gasteiger partial charge in [0, 0.05) is 38.3 Å². The summed E-state index contributed by atoms with van der Waals surface area (Å²) in [5.41, 5.74) is 2.89. The van der Waals surface area contributed by atoms with Gasteiger partial charge in [0.1, 0.15) is 0 Å². The number of carbonyl (C=O) groups is 1. The zero-order chi connectivity index (χ0) is 14.3. The average Bonchev–Trinajstić information content (AvgIpc) is 2.84. The van der Waals surface area contributed by atoms with E-state index in [4.69, 9.17) is 23.2 Å². The first-order valence-corrected chi connectivity index (χ1v) is 6.90. The Morgan fingerprint density at radius 2 is 1.90 bits per heavy atom. The molecule has 1 N–H and O–H groups in total. The van der Waals surface area contributed by atoms with Crippen molar-refractivity contribution >= 4 is 39.9 Å². The molecule has 0 spiro atoms. The number of fused-ring (bicyclic) bond motifs is 1. The van der Waals surface area contributed by atoms with Crippen molar-refractivity contribution in [1.82, 2.24) is 4.98 Å². The van der Waals surface area contributed by atoms with Crippen LogP contribution in [-0.2, 0) is 0 Å². The van der Waals surface area contributed by atoms with Crippen LogP contribution >= 0.6 is 23.2 Å². The van der Waals surface area contributed by atoms with Crippen molar-refractivity contribution in [2.24, 2.45) is 0 Å². The van der Waals surface area contributed by atoms with Gasteiger partial charge in [0.05, 0.1) is 0 Å². The Balaban J connectivity index is 2.18. The second-order valence-corrected chi connectivity index (χ2v) is 5.48. The highest BCUT2D eigenvalue weighted by Crippen LogP contribution is 2.27. The number of hydrogen-bond acceptors (Lipinski definition) is 1. The summed E-state index contributed by atoms with van der Waals surface area (Å²) in [5.74, 6) is -0.0569. The van der Waals surface area contributed by atoms with Crippen molar-refractivity contribution in [3.05, 3.63) is 69.3 Å². The minimum atomic E-state index is -0.0569. The van der Waals surface area contributed by atoms with E-state index < -0.39 is 0 Å². The van der Waals surface area contributed by atoms with Crippen LogP contribution in [0.1, 0.15) is 21.5 Å². The lowest BCUT2D eigenvalue weighted by molar-refractivity contribution is 0.104. The number of aromatic nitrogens is 1. The first-order chi connectivity index (χ1) is 9.58. The predicted molar refractivity (Wildman–Crippen MR) is 82.9 cm³/mol. The minimum Gasteiger partial charge on any atom is -0.360 e. The smallest absolute Gasteiger partial charge is 0.195 e. The number of hydrogen-bond donors (Lipinski definition) is 1. The normalized spacial score (nSPS) is 10.9. The highest BCUT2D eigenvalue weighted by molar-refractivity contribution is 6.33. The molecule has 0 aliphatic rings. The third-order valence-corrected chi connectivity index (χ3v) is 4.05. The molecule has 0 saturated heterocycles. The van der Waals surface area contributed by atoms with Gasteiger partial charge in [-0.25, -0.2) is 0 Å². The predicted octanol–water partition coefficient (Wildman–Crippen LogP) is 5.01. The van der Waals surface area contributed by atoms with Crippen molar-refractivity contribution in [2.45, 2.75) is 6.92 Å². The molecule has 4 heteroatoms. The molecule has 0 radical (unpaired) electrons. The van der Waals surface area contributed by atoms with Gasteiger partial charge in [-0.2, -0.15) is 0 Å². The summed E-state index contributed by atoms with van der Waals surface area (Å²) >= 11 is 12.1. The molecule has 0 unspecified atom stereocenters. The fourth-order valence-electron chi connectivity index (χ4n) is 2.28. The summed E-state index contributed by atoms with van der Waals surface area (Å²) in [6.45, 7) is 1.84. The Morgan fingerprint density at radius 3 is 2.70 bits per heavy atom. The van der Waals surface area contributed by atoms with Gasteiger partial charge in [0.25, 0.3) is 0 Å². The van der Waals surface area contributed by atoms with E-state index in [1.165, 1.54) is 0 Å². The number of H-pyrrole nitrogens is 1. The number of carbonyl (C=O) groups excluding carboxylic acids is 1. The molecule has 0 bridgehead atoms. The van der Waals surface area contributed by atoms with Gasteiger partial charge >= 0.3 is 0 Å². The van der Waals surface area contributed by atoms with Gasteiger partial charge in [-0.15, -0.1) is 0 Å². The standard InChI is InChI=1S/C16H11Cl2NO/c1-9-11(3-2-4-14(9)18)16(20)13-8-19-15-6-5-10(17)7-12(13)15/h2-8,19H,1H3. The number of benzene rings is 2. The first kappa shape index (κ1) is 13.2. The van der Waals surface area contributed by atoms with Crippen LogP contribution in [0.15, 0.2) is 42.6 Å². The van der Waals surface area contributed by atoms with Crippen LogP contribution < -0.4 is 0 Å². The van der Waals surface area contributed by atoms with Crippen LogP contribution in [0.4, 0.5) is 0 Å². The quantitative estimate of drug-likeness (QED) is 0.663. The summed E-state index contributed by atoms with van der Waals surface area (Å²) < 4.78 is 0. The highest BCUT2D eigenvalue weighted by atomic mass is 35.5. The largest absolute Gasteiger partial charge is 0.360 e. The van der Waals surface area contributed by atoms with Crippen molar-refractivity contribution < 1.29 is 4.79 Å². The molecule has 2 nitrogen and oxygen atoms in total. The number of halogens is 2. The zero-order valence-corrected chi connectivity index (χ0v) is 12.2. The third-order valence-electron chi connectivity index (χ3n) is 3.40. The van der Waals surface area contributed by atoms with Crippen molar-refractivity contribution in [3.63, 3.8) is 0 Å². The van der Waals surface area contributed by atoms with Crippen LogP contribution in [0.5, 0.6) is 0 Å². The van der Waals surface area contributed by atoms with E-state index >= 15 is 0 Å². The van der Waals surface area contributed by atoms with Crippen LogP contribution in [0, 0.1) is 6.92 Å². The molecule has 0 saturated carbocycles. The molecule has 0 fully saturated rings. The molecule has 3 rings (SSSR count). The van der Waals surface area contributed by atoms with Crippen LogP contribution in [0.25, 0.3) is 10.9 Å². The van der Waals surface area contributed by atoms with E-state index in [2.05, 4.69) is 4.98 Å². The lowest BCUT2D eigenvalue weighted by atomic mass is 9.99. The van der Waals surface area contributed by atoms with Gasteiger partial charge in [0.15, 0.2) is 5.78 Å². The Labute approximate surface area is 126 Å². The number of rotatable bonds is 2. The van der Waals surface area contributed by atoms with Crippen LogP contribution in [0.2, 0.25) is 10.0 Å². The van der Waals surface area contributed by atoms with E-state index in [1.54, 1.807) is 36.5 Å². The van der Waals surface area contributed by atoms with E-state index in [-0.39, 0.29) is 5.78 Å². The fourth-order valence-corrected chi connectivity index (χ4v) is 2.63. The summed E-state index contributed by atoms with van der Waals surface area (Å²) in [6.07, 6.45) is 1.71. The first-order valence-electron chi connectivity index (χ1n) is 6.14. The molecule has 20 heavy (non-hydrogen) atoms. The summed E-state index contributed by atoms with van der Waals surface area (Å²) in [5, 5.41) is 2.02. The monoisotopic (exact) mass is 303 g/mol. The Hall–Kier alpha value is -1.77. The van der Waals surface area contributed by atoms with E-state index in [0.717, 1.165) is 16.5 Å². The molecule has 3 aromatic rings. The van der Waals surface area contributed by atoms with Crippen molar-refractivity contribution in [2.75, 3.05) is 0 Å². The second-order valence-electron chi connectivity index (χ2n) is 4.63. The lowest BCUT2D eigenvalue weighted by Crippen LogP contribution is -2.03. The molecule has 1 aromatic heterocycles. The summed E-state index contributed by atoms with van der Waals surface area (Å²) in [7, 11) is 0. The summed E-state index contributed by atoms with van der Waals surface area (Å²) in [4.78, 5) is 15.8. The van der Waals surface area contributed by atoms with Crippen LogP contribution in [-0.4, -0.2) is 10.8 Å². The maximum absolute atomic E-state index is 12.7. The van der Waals surface area contributed by atoms with Crippen molar-refractivity contribution in [3.8, 4) is 0 Å². The molecule has 0 atom stereocenters. The topological polar surface area (TPSA) is 32.9 Å². The fraction of sp³-hybridized carbons (Fsp3) is 0.0625. The third kappa shape index (κ3) is 2.11. The van der Waals surface area contributed by atoms with Gasteiger partial charge in [-0.05, 0) is 36.8 Å². The number of ketones is 1. The number of nitrogens with one attached hydrogen (secondary N) is 1. The molecule has 0 amide bonds. The van der Waals surface area contributed by atoms with Gasteiger partial charge in [-0.3, -0.25) is 4.79 Å². The Kier molecular flexibility index (Phi) is 3.28. The zero-order valence-electron chi connectivity index (χ0n) is 10.7. The maximum Gasteiger partial charge on any atom is 0.195 e. The molecule has 0 aliphatic heterocycles. The lowest BCUT2D eigenvalue weighted by Gasteiger charge is -2.05. The van der Waals surface area contributed by atoms with E-state index in [0.29, 0.717) is 21.2 Å². The highest BCUT2D eigenvalue weighted by Gasteiger charge is 2.17. The molecular weight excluding hydrogens is 293 g/mol. The Bertz CT molecular complexity index is 820. The summed E-state index contributed by atoms with van der Waals surface area (Å²) in [6, 6.07) is 10.8. The maximum atomic E-state index is 12.7. The van der Waals surface area contributed by atoms with Gasteiger partial charge < -0.3 is 4.98 Å². The molecule has 0 aliphatic carbocycles. The average molecular weight is 304 g/mol. The van der Waals surface area contributed by atoms with Gasteiger partial charge in [0.2, 0.25) is 0 Å². The van der Waals surface area contributed by atoms with Crippen LogP contribution in [0.3, 0.4) is 0 Å². The Morgan fingerprint density at radius 1 is 1.10 bits per heavy atom. The number of aromatic amines is 1. The van der Waals surface area contributed by atoms with E-state index in [1.807, 2.05) is 13.0 Å². The molecular formula is C16H11Cl2NO. The van der Waals surface area contributed by atoms with Gasteiger partial charge in [-0.1, -0.05) is 35.3 Å². The minimum absolute atomic E-state index is 0.0569. The molecule has 1 heterocycles. The second kappa shape index (κ2) is 4.97. The SMILES string of the molecule is Cc1c(Cl)cccc1C(=O)c1c[nH]c2ccc(Cl)cc12. The molecule has 2 aromatic carbocycles. The van der Waals surface area contributed by atoms with Crippen molar-refractivity contribution in [1.29, 1.82) is 0 Å².